The molecule has 0 radical (unpaired) electrons. The lowest BCUT2D eigenvalue weighted by Gasteiger charge is -2.12. The summed E-state index contributed by atoms with van der Waals surface area (Å²) >= 11 is 1.75. The average molecular weight is 454 g/mol. The van der Waals surface area contributed by atoms with Crippen molar-refractivity contribution in [2.24, 2.45) is 4.99 Å². The summed E-state index contributed by atoms with van der Waals surface area (Å²) in [7, 11) is 1.70. The van der Waals surface area contributed by atoms with Gasteiger partial charge in [0.15, 0.2) is 5.96 Å². The number of nitrogens with one attached hydrogen (secondary N) is 3. The summed E-state index contributed by atoms with van der Waals surface area (Å²) in [5, 5.41) is 8.99. The number of thioether (sulfide) groups is 1. The molecule has 0 atom stereocenters. The molecule has 1 amide bonds. The minimum Gasteiger partial charge on any atom is -0.356 e. The van der Waals surface area contributed by atoms with Crippen LogP contribution in [0.25, 0.3) is 0 Å². The van der Waals surface area contributed by atoms with E-state index in [-0.39, 0.29) is 35.7 Å². The Hall–Kier alpha value is -1.03. The first-order chi connectivity index (χ1) is 10.6. The largest absolute Gasteiger partial charge is 0.356 e. The van der Waals surface area contributed by atoms with E-state index in [4.69, 9.17) is 0 Å². The molecule has 0 fully saturated rings. The molecule has 0 aliphatic rings. The van der Waals surface area contributed by atoms with Crippen molar-refractivity contribution in [3.8, 4) is 0 Å². The Bertz CT molecular complexity index is 528. The number of amides is 1. The summed E-state index contributed by atoms with van der Waals surface area (Å²) < 4.78 is 13.4. The van der Waals surface area contributed by atoms with Crippen LogP contribution in [0.5, 0.6) is 0 Å². The highest BCUT2D eigenvalue weighted by molar-refractivity contribution is 14.0. The number of carbonyl (C=O) groups excluding carboxylic acids is 1. The molecule has 0 aliphatic heterocycles. The van der Waals surface area contributed by atoms with E-state index in [0.29, 0.717) is 30.2 Å². The van der Waals surface area contributed by atoms with Gasteiger partial charge in [-0.1, -0.05) is 6.07 Å². The monoisotopic (exact) mass is 454 g/mol. The molecule has 1 aromatic rings. The van der Waals surface area contributed by atoms with Gasteiger partial charge >= 0.3 is 0 Å². The number of aryl methyl sites for hydroxylation is 1. The fourth-order valence-corrected chi connectivity index (χ4v) is 1.99. The zero-order valence-electron chi connectivity index (χ0n) is 13.6. The van der Waals surface area contributed by atoms with E-state index < -0.39 is 0 Å². The number of guanidine groups is 1. The number of carbonyl (C=O) groups is 1. The van der Waals surface area contributed by atoms with E-state index >= 15 is 0 Å². The number of nitrogens with zero attached hydrogens (tertiary/aromatic N) is 1. The van der Waals surface area contributed by atoms with Gasteiger partial charge in [-0.05, 0) is 30.9 Å². The maximum atomic E-state index is 13.4. The minimum absolute atomic E-state index is 0. The second-order valence-corrected chi connectivity index (χ2v) is 5.62. The average Bonchev–Trinajstić information content (AvgIpc) is 2.52. The second kappa shape index (κ2) is 12.4. The molecule has 1 aromatic carbocycles. The third-order valence-electron chi connectivity index (χ3n) is 2.96. The van der Waals surface area contributed by atoms with Gasteiger partial charge < -0.3 is 16.0 Å². The number of benzene rings is 1. The molecule has 0 saturated heterocycles. The van der Waals surface area contributed by atoms with Crippen molar-refractivity contribution >= 4 is 47.6 Å². The Morgan fingerprint density at radius 2 is 1.87 bits per heavy atom. The number of hydrogen-bond acceptors (Lipinski definition) is 3. The summed E-state index contributed by atoms with van der Waals surface area (Å²) in [5.41, 5.74) is 0.851. The number of halogens is 2. The van der Waals surface area contributed by atoms with Crippen molar-refractivity contribution in [3.63, 3.8) is 0 Å². The molecule has 3 N–H and O–H groups in total. The van der Waals surface area contributed by atoms with E-state index in [1.807, 2.05) is 6.26 Å². The first kappa shape index (κ1) is 22.0. The van der Waals surface area contributed by atoms with Crippen molar-refractivity contribution in [1.82, 2.24) is 16.0 Å². The van der Waals surface area contributed by atoms with Crippen molar-refractivity contribution in [3.05, 3.63) is 35.1 Å². The Morgan fingerprint density at radius 1 is 1.22 bits per heavy atom. The van der Waals surface area contributed by atoms with Gasteiger partial charge in [-0.3, -0.25) is 9.79 Å². The van der Waals surface area contributed by atoms with Crippen LogP contribution in [0.2, 0.25) is 0 Å². The van der Waals surface area contributed by atoms with Crippen LogP contribution in [-0.4, -0.2) is 50.6 Å². The summed E-state index contributed by atoms with van der Waals surface area (Å²) in [5.74, 6) is 1.04. The first-order valence-electron chi connectivity index (χ1n) is 7.06. The fraction of sp³-hybridized carbons (Fsp3) is 0.467. The van der Waals surface area contributed by atoms with Crippen LogP contribution in [0.3, 0.4) is 0 Å². The number of hydrogen-bond donors (Lipinski definition) is 3. The smallest absolute Gasteiger partial charge is 0.251 e. The Morgan fingerprint density at radius 3 is 2.48 bits per heavy atom. The van der Waals surface area contributed by atoms with Crippen LogP contribution in [0.15, 0.2) is 23.2 Å². The summed E-state index contributed by atoms with van der Waals surface area (Å²) in [6.07, 6.45) is 2.04. The van der Waals surface area contributed by atoms with Gasteiger partial charge in [0.1, 0.15) is 5.82 Å². The van der Waals surface area contributed by atoms with Gasteiger partial charge in [-0.2, -0.15) is 11.8 Å². The zero-order valence-corrected chi connectivity index (χ0v) is 16.8. The van der Waals surface area contributed by atoms with Crippen LogP contribution in [0.4, 0.5) is 4.39 Å². The Labute approximate surface area is 158 Å². The SMILES string of the molecule is CN=C(NCCNC(=O)c1ccc(C)c(F)c1)NCCSC.I. The maximum Gasteiger partial charge on any atom is 0.251 e. The highest BCUT2D eigenvalue weighted by atomic mass is 127. The van der Waals surface area contributed by atoms with Crippen LogP contribution < -0.4 is 16.0 Å². The quantitative estimate of drug-likeness (QED) is 0.255. The lowest BCUT2D eigenvalue weighted by atomic mass is 10.1. The summed E-state index contributed by atoms with van der Waals surface area (Å²) in [6.45, 7) is 3.46. The van der Waals surface area contributed by atoms with E-state index in [2.05, 4.69) is 20.9 Å². The van der Waals surface area contributed by atoms with Crippen molar-refractivity contribution in [1.29, 1.82) is 0 Å². The molecule has 0 aliphatic carbocycles. The van der Waals surface area contributed by atoms with Gasteiger partial charge in [0.2, 0.25) is 0 Å². The minimum atomic E-state index is -0.371. The van der Waals surface area contributed by atoms with Gasteiger partial charge in [-0.15, -0.1) is 24.0 Å². The van der Waals surface area contributed by atoms with Gasteiger partial charge in [0.05, 0.1) is 0 Å². The van der Waals surface area contributed by atoms with Gasteiger partial charge in [0, 0.05) is 38.0 Å². The van der Waals surface area contributed by atoms with E-state index in [1.54, 1.807) is 37.9 Å². The molecule has 0 spiro atoms. The molecule has 0 saturated carbocycles. The molecule has 0 aromatic heterocycles. The van der Waals surface area contributed by atoms with Crippen LogP contribution >= 0.6 is 35.7 Å². The normalized spacial score (nSPS) is 10.7. The van der Waals surface area contributed by atoms with Crippen molar-refractivity contribution < 1.29 is 9.18 Å². The highest BCUT2D eigenvalue weighted by Gasteiger charge is 2.07. The van der Waals surface area contributed by atoms with Crippen LogP contribution in [0.1, 0.15) is 15.9 Å². The molecule has 8 heteroatoms. The number of rotatable bonds is 7. The van der Waals surface area contributed by atoms with Crippen molar-refractivity contribution in [2.75, 3.05) is 38.7 Å². The molecule has 130 valence electrons. The summed E-state index contributed by atoms with van der Waals surface area (Å²) in [4.78, 5) is 16.0. The maximum absolute atomic E-state index is 13.4. The molecule has 23 heavy (non-hydrogen) atoms. The number of aliphatic imine (C=N–C) groups is 1. The van der Waals surface area contributed by atoms with Gasteiger partial charge in [0.25, 0.3) is 5.91 Å². The molecular weight excluding hydrogens is 430 g/mol. The topological polar surface area (TPSA) is 65.5 Å². The zero-order chi connectivity index (χ0) is 16.4. The predicted molar refractivity (Wildman–Crippen MR) is 107 cm³/mol. The van der Waals surface area contributed by atoms with E-state index in [1.165, 1.54) is 6.07 Å². The highest BCUT2D eigenvalue weighted by Crippen LogP contribution is 2.08. The first-order valence-corrected chi connectivity index (χ1v) is 8.45. The molecule has 1 rings (SSSR count). The predicted octanol–water partition coefficient (Wildman–Crippen LogP) is 2.01. The van der Waals surface area contributed by atoms with Crippen LogP contribution in [0, 0.1) is 12.7 Å². The van der Waals surface area contributed by atoms with E-state index in [9.17, 15) is 9.18 Å². The fourth-order valence-electron chi connectivity index (χ4n) is 1.69. The lowest BCUT2D eigenvalue weighted by Crippen LogP contribution is -2.42. The molecule has 0 bridgehead atoms. The molecule has 5 nitrogen and oxygen atoms in total. The molecular formula is C15H24FIN4OS. The standard InChI is InChI=1S/C15H23FN4OS.HI/c1-11-4-5-12(10-13(11)16)14(21)18-6-7-19-15(17-2)20-8-9-22-3;/h4-5,10H,6-9H2,1-3H3,(H,18,21)(H2,17,19,20);1H. The Kier molecular flexibility index (Phi) is 11.8. The molecule has 0 unspecified atom stereocenters. The van der Waals surface area contributed by atoms with Gasteiger partial charge in [-0.25, -0.2) is 4.39 Å². The lowest BCUT2D eigenvalue weighted by molar-refractivity contribution is 0.0954. The third-order valence-corrected chi connectivity index (χ3v) is 3.57. The summed E-state index contributed by atoms with van der Waals surface area (Å²) in [6, 6.07) is 4.46. The van der Waals surface area contributed by atoms with Crippen LogP contribution in [-0.2, 0) is 0 Å². The Balaban J connectivity index is 0.00000484. The van der Waals surface area contributed by atoms with E-state index in [0.717, 1.165) is 12.3 Å². The van der Waals surface area contributed by atoms with Crippen molar-refractivity contribution in [2.45, 2.75) is 6.92 Å². The molecule has 0 heterocycles. The second-order valence-electron chi connectivity index (χ2n) is 4.64. The third kappa shape index (κ3) is 8.40.